The van der Waals surface area contributed by atoms with Crippen molar-refractivity contribution in [2.45, 2.75) is 10.1 Å². The van der Waals surface area contributed by atoms with E-state index in [-0.39, 0.29) is 17.5 Å². The smallest absolute Gasteiger partial charge is 0.269 e. The molecule has 8 nitrogen and oxygen atoms in total. The van der Waals surface area contributed by atoms with Gasteiger partial charge in [0, 0.05) is 39.9 Å². The summed E-state index contributed by atoms with van der Waals surface area (Å²) >= 11 is 2.74. The van der Waals surface area contributed by atoms with Crippen molar-refractivity contribution in [3.63, 3.8) is 0 Å². The van der Waals surface area contributed by atoms with Crippen molar-refractivity contribution in [2.24, 2.45) is 0 Å². The number of nitro groups is 1. The number of carbonyl (C=O) groups is 2. The van der Waals surface area contributed by atoms with Crippen LogP contribution in [0.4, 0.5) is 16.5 Å². The van der Waals surface area contributed by atoms with Crippen molar-refractivity contribution in [2.75, 3.05) is 10.6 Å². The van der Waals surface area contributed by atoms with Crippen molar-refractivity contribution in [1.82, 2.24) is 4.98 Å². The first-order valence-electron chi connectivity index (χ1n) is 10.1. The molecular formula is C24H18N4O4S2. The average Bonchev–Trinajstić information content (AvgIpc) is 3.37. The van der Waals surface area contributed by atoms with Crippen LogP contribution in [0, 0.1) is 10.1 Å². The van der Waals surface area contributed by atoms with Gasteiger partial charge in [0.2, 0.25) is 5.91 Å². The Morgan fingerprint density at radius 3 is 2.26 bits per heavy atom. The van der Waals surface area contributed by atoms with Crippen LogP contribution in [0.2, 0.25) is 0 Å². The standard InChI is InChI=1S/C24H18N4O4S2/c29-22(17-6-10-19(11-7-17)28(31)32)26-18-8-12-20(13-9-18)34-21(16-4-2-1-3-5-16)23(30)27-24-25-14-15-33-24/h1-15,21H,(H,26,29)(H,25,27,30). The number of non-ortho nitro benzene ring substituents is 1. The molecule has 0 saturated heterocycles. The second-order valence-electron chi connectivity index (χ2n) is 7.02. The highest BCUT2D eigenvalue weighted by molar-refractivity contribution is 8.00. The van der Waals surface area contributed by atoms with E-state index in [9.17, 15) is 19.7 Å². The number of carbonyl (C=O) groups excluding carboxylic acids is 2. The molecule has 0 bridgehead atoms. The highest BCUT2D eigenvalue weighted by Gasteiger charge is 2.23. The largest absolute Gasteiger partial charge is 0.322 e. The van der Waals surface area contributed by atoms with E-state index < -0.39 is 10.2 Å². The summed E-state index contributed by atoms with van der Waals surface area (Å²) in [5, 5.41) is 18.2. The summed E-state index contributed by atoms with van der Waals surface area (Å²) in [6.45, 7) is 0. The zero-order valence-corrected chi connectivity index (χ0v) is 19.2. The molecular weight excluding hydrogens is 472 g/mol. The third kappa shape index (κ3) is 5.85. The molecule has 4 aromatic rings. The van der Waals surface area contributed by atoms with Crippen LogP contribution in [0.25, 0.3) is 0 Å². The van der Waals surface area contributed by atoms with Crippen molar-refractivity contribution in [3.8, 4) is 0 Å². The van der Waals surface area contributed by atoms with Gasteiger partial charge < -0.3 is 10.6 Å². The van der Waals surface area contributed by atoms with Crippen molar-refractivity contribution in [1.29, 1.82) is 0 Å². The average molecular weight is 491 g/mol. The van der Waals surface area contributed by atoms with Crippen molar-refractivity contribution in [3.05, 3.63) is 112 Å². The molecule has 10 heteroatoms. The Labute approximate surface area is 203 Å². The van der Waals surface area contributed by atoms with Crippen molar-refractivity contribution < 1.29 is 14.5 Å². The number of nitrogens with zero attached hydrogens (tertiary/aromatic N) is 2. The maximum atomic E-state index is 13.0. The fourth-order valence-corrected chi connectivity index (χ4v) is 4.60. The van der Waals surface area contributed by atoms with Gasteiger partial charge in [0.05, 0.1) is 4.92 Å². The van der Waals surface area contributed by atoms with Gasteiger partial charge in [-0.3, -0.25) is 19.7 Å². The topological polar surface area (TPSA) is 114 Å². The first-order valence-corrected chi connectivity index (χ1v) is 11.8. The zero-order chi connectivity index (χ0) is 23.9. The molecule has 0 spiro atoms. The van der Waals surface area contributed by atoms with Gasteiger partial charge in [0.25, 0.3) is 11.6 Å². The third-order valence-electron chi connectivity index (χ3n) is 4.71. The van der Waals surface area contributed by atoms with E-state index in [1.165, 1.54) is 47.4 Å². The number of benzene rings is 3. The van der Waals surface area contributed by atoms with Gasteiger partial charge in [-0.25, -0.2) is 4.98 Å². The summed E-state index contributed by atoms with van der Waals surface area (Å²) in [6.07, 6.45) is 1.63. The Kier molecular flexibility index (Phi) is 7.31. The predicted molar refractivity (Wildman–Crippen MR) is 133 cm³/mol. The molecule has 3 aromatic carbocycles. The zero-order valence-electron chi connectivity index (χ0n) is 17.6. The minimum absolute atomic E-state index is 0.0789. The normalized spacial score (nSPS) is 11.4. The van der Waals surface area contributed by atoms with Crippen LogP contribution in [0.5, 0.6) is 0 Å². The molecule has 2 N–H and O–H groups in total. The summed E-state index contributed by atoms with van der Waals surface area (Å²) in [5.41, 5.74) is 1.66. The Morgan fingerprint density at radius 2 is 1.65 bits per heavy atom. The number of aromatic nitrogens is 1. The highest BCUT2D eigenvalue weighted by atomic mass is 32.2. The fraction of sp³-hybridized carbons (Fsp3) is 0.0417. The lowest BCUT2D eigenvalue weighted by atomic mass is 10.1. The van der Waals surface area contributed by atoms with Crippen LogP contribution >= 0.6 is 23.1 Å². The van der Waals surface area contributed by atoms with E-state index in [4.69, 9.17) is 0 Å². The second-order valence-corrected chi connectivity index (χ2v) is 9.09. The highest BCUT2D eigenvalue weighted by Crippen LogP contribution is 2.37. The number of rotatable bonds is 8. The number of nitrogens with one attached hydrogen (secondary N) is 2. The van der Waals surface area contributed by atoms with E-state index in [0.717, 1.165) is 10.5 Å². The molecule has 0 aliphatic carbocycles. The molecule has 2 amide bonds. The van der Waals surface area contributed by atoms with Gasteiger partial charge in [-0.15, -0.1) is 23.1 Å². The maximum Gasteiger partial charge on any atom is 0.269 e. The molecule has 34 heavy (non-hydrogen) atoms. The molecule has 0 saturated carbocycles. The molecule has 170 valence electrons. The third-order valence-corrected chi connectivity index (χ3v) is 6.66. The molecule has 1 atom stereocenters. The molecule has 0 aliphatic heterocycles. The monoisotopic (exact) mass is 490 g/mol. The van der Waals surface area contributed by atoms with E-state index in [0.29, 0.717) is 16.4 Å². The Morgan fingerprint density at radius 1 is 0.941 bits per heavy atom. The number of nitro benzene ring substituents is 1. The number of hydrogen-bond donors (Lipinski definition) is 2. The second kappa shape index (κ2) is 10.7. The lowest BCUT2D eigenvalue weighted by molar-refractivity contribution is -0.384. The van der Waals surface area contributed by atoms with Gasteiger partial charge in [-0.2, -0.15) is 0 Å². The van der Waals surface area contributed by atoms with Gasteiger partial charge in [-0.1, -0.05) is 30.3 Å². The molecule has 0 aliphatic rings. The number of thiazole rings is 1. The molecule has 1 unspecified atom stereocenters. The Bertz CT molecular complexity index is 1280. The molecule has 0 fully saturated rings. The summed E-state index contributed by atoms with van der Waals surface area (Å²) in [6, 6.07) is 22.0. The first-order chi connectivity index (χ1) is 16.5. The SMILES string of the molecule is O=C(Nc1ccc(SC(C(=O)Nc2nccs2)c2ccccc2)cc1)c1ccc([N+](=O)[O-])cc1. The lowest BCUT2D eigenvalue weighted by Gasteiger charge is -2.16. The van der Waals surface area contributed by atoms with Gasteiger partial charge in [0.1, 0.15) is 5.25 Å². The number of anilines is 2. The van der Waals surface area contributed by atoms with Gasteiger partial charge in [0.15, 0.2) is 5.13 Å². The van der Waals surface area contributed by atoms with E-state index in [1.807, 2.05) is 42.5 Å². The van der Waals surface area contributed by atoms with E-state index in [2.05, 4.69) is 15.6 Å². The summed E-state index contributed by atoms with van der Waals surface area (Å²) in [5.74, 6) is -0.554. The van der Waals surface area contributed by atoms with Gasteiger partial charge >= 0.3 is 0 Å². The summed E-state index contributed by atoms with van der Waals surface area (Å²) in [4.78, 5) is 40.6. The van der Waals surface area contributed by atoms with Gasteiger partial charge in [-0.05, 0) is 42.0 Å². The predicted octanol–water partition coefficient (Wildman–Crippen LogP) is 5.78. The summed E-state index contributed by atoms with van der Waals surface area (Å²) < 4.78 is 0. The molecule has 4 rings (SSSR count). The maximum absolute atomic E-state index is 13.0. The Balaban J connectivity index is 1.45. The molecule has 1 aromatic heterocycles. The quantitative estimate of drug-likeness (QED) is 0.184. The van der Waals surface area contributed by atoms with E-state index in [1.54, 1.807) is 23.7 Å². The van der Waals surface area contributed by atoms with E-state index >= 15 is 0 Å². The van der Waals surface area contributed by atoms with Crippen LogP contribution in [-0.2, 0) is 4.79 Å². The minimum Gasteiger partial charge on any atom is -0.322 e. The molecule has 1 heterocycles. The van der Waals surface area contributed by atoms with Crippen molar-refractivity contribution >= 4 is 51.4 Å². The van der Waals surface area contributed by atoms with Crippen LogP contribution in [-0.4, -0.2) is 21.7 Å². The lowest BCUT2D eigenvalue weighted by Crippen LogP contribution is -2.18. The fourth-order valence-electron chi connectivity index (χ4n) is 3.05. The minimum atomic E-state index is -0.516. The van der Waals surface area contributed by atoms with Crippen LogP contribution in [0.3, 0.4) is 0 Å². The summed E-state index contributed by atoms with van der Waals surface area (Å²) in [7, 11) is 0. The molecule has 0 radical (unpaired) electrons. The van der Waals surface area contributed by atoms with Crippen LogP contribution in [0.1, 0.15) is 21.2 Å². The number of amides is 2. The van der Waals surface area contributed by atoms with Crippen LogP contribution < -0.4 is 10.6 Å². The number of hydrogen-bond acceptors (Lipinski definition) is 7. The number of thioether (sulfide) groups is 1. The first kappa shape index (κ1) is 23.1. The Hall–Kier alpha value is -4.02. The van der Waals surface area contributed by atoms with Crippen LogP contribution in [0.15, 0.2) is 95.3 Å².